The van der Waals surface area contributed by atoms with Crippen LogP contribution in [0.15, 0.2) is 42.5 Å². The second-order valence-electron chi connectivity index (χ2n) is 4.87. The summed E-state index contributed by atoms with van der Waals surface area (Å²) >= 11 is 0. The van der Waals surface area contributed by atoms with Crippen LogP contribution in [0.3, 0.4) is 0 Å². The standard InChI is InChI=1S/C16H21NO3/c18-9-7-17(8-10-19)12-16(20)15-6-5-13-3-1-2-4-14(13)11-15/h1-6,11,16,18-20H,7-10,12H2. The van der Waals surface area contributed by atoms with Crippen LogP contribution >= 0.6 is 0 Å². The molecule has 1 atom stereocenters. The fraction of sp³-hybridized carbons (Fsp3) is 0.375. The molecule has 0 saturated heterocycles. The summed E-state index contributed by atoms with van der Waals surface area (Å²) in [5.41, 5.74) is 0.851. The zero-order valence-electron chi connectivity index (χ0n) is 11.4. The summed E-state index contributed by atoms with van der Waals surface area (Å²) in [5.74, 6) is 0. The van der Waals surface area contributed by atoms with E-state index in [0.29, 0.717) is 19.6 Å². The Bertz CT molecular complexity index is 538. The van der Waals surface area contributed by atoms with E-state index in [9.17, 15) is 5.11 Å². The van der Waals surface area contributed by atoms with Crippen molar-refractivity contribution in [3.05, 3.63) is 48.0 Å². The van der Waals surface area contributed by atoms with Crippen LogP contribution in [0, 0.1) is 0 Å². The Balaban J connectivity index is 2.11. The van der Waals surface area contributed by atoms with E-state index < -0.39 is 6.10 Å². The summed E-state index contributed by atoms with van der Waals surface area (Å²) in [6, 6.07) is 13.9. The van der Waals surface area contributed by atoms with E-state index in [2.05, 4.69) is 0 Å². The molecule has 0 aliphatic heterocycles. The number of benzene rings is 2. The van der Waals surface area contributed by atoms with Crippen molar-refractivity contribution in [2.75, 3.05) is 32.8 Å². The molecule has 0 heterocycles. The van der Waals surface area contributed by atoms with Crippen LogP contribution in [0.2, 0.25) is 0 Å². The molecule has 0 radical (unpaired) electrons. The molecule has 4 nitrogen and oxygen atoms in total. The quantitative estimate of drug-likeness (QED) is 0.709. The summed E-state index contributed by atoms with van der Waals surface area (Å²) in [6.45, 7) is 1.34. The summed E-state index contributed by atoms with van der Waals surface area (Å²) in [5, 5.41) is 30.5. The molecule has 4 heteroatoms. The van der Waals surface area contributed by atoms with Gasteiger partial charge in [-0.15, -0.1) is 0 Å². The predicted octanol–water partition coefficient (Wildman–Crippen LogP) is 1.16. The van der Waals surface area contributed by atoms with Gasteiger partial charge in [-0.05, 0) is 22.4 Å². The molecule has 2 rings (SSSR count). The molecule has 0 amide bonds. The summed E-state index contributed by atoms with van der Waals surface area (Å²) in [4.78, 5) is 1.85. The van der Waals surface area contributed by atoms with E-state index in [1.807, 2.05) is 47.4 Å². The van der Waals surface area contributed by atoms with Gasteiger partial charge in [-0.25, -0.2) is 0 Å². The molecule has 20 heavy (non-hydrogen) atoms. The van der Waals surface area contributed by atoms with E-state index in [1.54, 1.807) is 0 Å². The Morgan fingerprint density at radius 2 is 1.55 bits per heavy atom. The maximum Gasteiger partial charge on any atom is 0.0917 e. The first-order chi connectivity index (χ1) is 9.74. The molecule has 0 spiro atoms. The van der Waals surface area contributed by atoms with E-state index in [4.69, 9.17) is 10.2 Å². The lowest BCUT2D eigenvalue weighted by molar-refractivity contribution is 0.0875. The Hall–Kier alpha value is -1.46. The van der Waals surface area contributed by atoms with Crippen LogP contribution in [-0.2, 0) is 0 Å². The van der Waals surface area contributed by atoms with Crippen molar-refractivity contribution in [1.29, 1.82) is 0 Å². The lowest BCUT2D eigenvalue weighted by Crippen LogP contribution is -2.33. The number of fused-ring (bicyclic) bond motifs is 1. The van der Waals surface area contributed by atoms with Crippen LogP contribution in [-0.4, -0.2) is 53.1 Å². The van der Waals surface area contributed by atoms with Gasteiger partial charge in [-0.3, -0.25) is 4.90 Å². The van der Waals surface area contributed by atoms with E-state index >= 15 is 0 Å². The minimum atomic E-state index is -0.627. The average molecular weight is 275 g/mol. The van der Waals surface area contributed by atoms with E-state index in [1.165, 1.54) is 0 Å². The van der Waals surface area contributed by atoms with Crippen molar-refractivity contribution in [3.63, 3.8) is 0 Å². The van der Waals surface area contributed by atoms with Gasteiger partial charge in [0.1, 0.15) is 0 Å². The van der Waals surface area contributed by atoms with Crippen molar-refractivity contribution >= 4 is 10.8 Å². The van der Waals surface area contributed by atoms with Gasteiger partial charge in [0.05, 0.1) is 19.3 Å². The van der Waals surface area contributed by atoms with Gasteiger partial charge in [-0.1, -0.05) is 36.4 Å². The Morgan fingerprint density at radius 3 is 2.20 bits per heavy atom. The Morgan fingerprint density at radius 1 is 0.900 bits per heavy atom. The molecular weight excluding hydrogens is 254 g/mol. The first-order valence-corrected chi connectivity index (χ1v) is 6.85. The first-order valence-electron chi connectivity index (χ1n) is 6.85. The number of aliphatic hydroxyl groups excluding tert-OH is 3. The third-order valence-electron chi connectivity index (χ3n) is 3.42. The van der Waals surface area contributed by atoms with Gasteiger partial charge in [-0.2, -0.15) is 0 Å². The lowest BCUT2D eigenvalue weighted by Gasteiger charge is -2.23. The topological polar surface area (TPSA) is 63.9 Å². The molecule has 0 saturated carbocycles. The molecule has 0 bridgehead atoms. The lowest BCUT2D eigenvalue weighted by atomic mass is 10.0. The second kappa shape index (κ2) is 7.36. The Kier molecular flexibility index (Phi) is 5.49. The molecule has 108 valence electrons. The molecule has 1 unspecified atom stereocenters. The maximum atomic E-state index is 10.3. The molecule has 0 aliphatic carbocycles. The third kappa shape index (κ3) is 3.77. The predicted molar refractivity (Wildman–Crippen MR) is 79.5 cm³/mol. The minimum Gasteiger partial charge on any atom is -0.395 e. The van der Waals surface area contributed by atoms with E-state index in [0.717, 1.165) is 16.3 Å². The molecule has 2 aromatic rings. The number of hydrogen-bond acceptors (Lipinski definition) is 4. The molecule has 0 fully saturated rings. The number of hydrogen-bond donors (Lipinski definition) is 3. The summed E-state index contributed by atoms with van der Waals surface area (Å²) in [6.07, 6.45) is -0.627. The fourth-order valence-corrected chi connectivity index (χ4v) is 2.34. The largest absolute Gasteiger partial charge is 0.395 e. The van der Waals surface area contributed by atoms with Gasteiger partial charge < -0.3 is 15.3 Å². The highest BCUT2D eigenvalue weighted by Gasteiger charge is 2.13. The first kappa shape index (κ1) is 14.9. The highest BCUT2D eigenvalue weighted by molar-refractivity contribution is 5.83. The molecular formula is C16H21NO3. The number of rotatable bonds is 7. The van der Waals surface area contributed by atoms with Crippen LogP contribution in [0.4, 0.5) is 0 Å². The van der Waals surface area contributed by atoms with Gasteiger partial charge in [0, 0.05) is 19.6 Å². The van der Waals surface area contributed by atoms with Gasteiger partial charge >= 0.3 is 0 Å². The van der Waals surface area contributed by atoms with Crippen LogP contribution in [0.5, 0.6) is 0 Å². The SMILES string of the molecule is OCCN(CCO)CC(O)c1ccc2ccccc2c1. The summed E-state index contributed by atoms with van der Waals surface area (Å²) < 4.78 is 0. The number of nitrogens with zero attached hydrogens (tertiary/aromatic N) is 1. The zero-order valence-corrected chi connectivity index (χ0v) is 11.4. The van der Waals surface area contributed by atoms with Crippen LogP contribution in [0.1, 0.15) is 11.7 Å². The van der Waals surface area contributed by atoms with Crippen molar-refractivity contribution in [2.45, 2.75) is 6.10 Å². The maximum absolute atomic E-state index is 10.3. The summed E-state index contributed by atoms with van der Waals surface area (Å²) in [7, 11) is 0. The molecule has 3 N–H and O–H groups in total. The normalized spacial score (nSPS) is 13.0. The van der Waals surface area contributed by atoms with Crippen molar-refractivity contribution in [2.24, 2.45) is 0 Å². The van der Waals surface area contributed by atoms with E-state index in [-0.39, 0.29) is 13.2 Å². The molecule has 2 aromatic carbocycles. The highest BCUT2D eigenvalue weighted by Crippen LogP contribution is 2.21. The highest BCUT2D eigenvalue weighted by atomic mass is 16.3. The van der Waals surface area contributed by atoms with Gasteiger partial charge in [0.2, 0.25) is 0 Å². The third-order valence-corrected chi connectivity index (χ3v) is 3.42. The van der Waals surface area contributed by atoms with Gasteiger partial charge in [0.15, 0.2) is 0 Å². The zero-order chi connectivity index (χ0) is 14.4. The smallest absolute Gasteiger partial charge is 0.0917 e. The van der Waals surface area contributed by atoms with Crippen molar-refractivity contribution in [1.82, 2.24) is 4.90 Å². The van der Waals surface area contributed by atoms with Gasteiger partial charge in [0.25, 0.3) is 0 Å². The monoisotopic (exact) mass is 275 g/mol. The molecule has 0 aromatic heterocycles. The second-order valence-corrected chi connectivity index (χ2v) is 4.87. The average Bonchev–Trinajstić information content (AvgIpc) is 2.47. The van der Waals surface area contributed by atoms with Crippen LogP contribution < -0.4 is 0 Å². The van der Waals surface area contributed by atoms with Crippen molar-refractivity contribution in [3.8, 4) is 0 Å². The Labute approximate surface area is 118 Å². The molecule has 0 aliphatic rings. The number of aliphatic hydroxyl groups is 3. The fourth-order valence-electron chi connectivity index (χ4n) is 2.34. The van der Waals surface area contributed by atoms with Crippen molar-refractivity contribution < 1.29 is 15.3 Å². The minimum absolute atomic E-state index is 0.0183. The van der Waals surface area contributed by atoms with Crippen LogP contribution in [0.25, 0.3) is 10.8 Å².